The largest absolute Gasteiger partial charge is 0.444 e. The first-order chi connectivity index (χ1) is 16.9. The van der Waals surface area contributed by atoms with Gasteiger partial charge >= 0.3 is 6.09 Å². The van der Waals surface area contributed by atoms with Crippen LogP contribution in [0.4, 0.5) is 10.5 Å². The molecule has 2 unspecified atom stereocenters. The van der Waals surface area contributed by atoms with Gasteiger partial charge in [0.05, 0.1) is 17.3 Å². The van der Waals surface area contributed by atoms with E-state index in [0.29, 0.717) is 29.1 Å². The first-order valence-electron chi connectivity index (χ1n) is 12.0. The Morgan fingerprint density at radius 3 is 2.28 bits per heavy atom. The Morgan fingerprint density at radius 2 is 1.75 bits per heavy atom. The van der Waals surface area contributed by atoms with Crippen LogP contribution in [0.5, 0.6) is 0 Å². The smallest absolute Gasteiger partial charge is 0.408 e. The SMILES string of the molecule is Cc1ccc(C(C(=O)Nc2c(C)cccc2Cl)N(C(=O)C(CO)NC(=O)OC(C)(C)C)C2CC2)cc1. The number of aryl methyl sites for hydroxylation is 2. The first kappa shape index (κ1) is 27.5. The van der Waals surface area contributed by atoms with E-state index >= 15 is 0 Å². The zero-order valence-electron chi connectivity index (χ0n) is 21.3. The van der Waals surface area contributed by atoms with Gasteiger partial charge in [-0.25, -0.2) is 4.79 Å². The molecule has 2 aromatic carbocycles. The van der Waals surface area contributed by atoms with Gasteiger partial charge < -0.3 is 25.4 Å². The maximum atomic E-state index is 13.8. The topological polar surface area (TPSA) is 108 Å². The Morgan fingerprint density at radius 1 is 1.11 bits per heavy atom. The number of carbonyl (C=O) groups is 3. The second-order valence-corrected chi connectivity index (χ2v) is 10.5. The molecule has 2 aromatic rings. The molecule has 0 aliphatic heterocycles. The fraction of sp³-hybridized carbons (Fsp3) is 0.444. The van der Waals surface area contributed by atoms with Crippen molar-refractivity contribution in [2.75, 3.05) is 11.9 Å². The third kappa shape index (κ3) is 6.98. The van der Waals surface area contributed by atoms with Crippen LogP contribution in [0.3, 0.4) is 0 Å². The number of nitrogens with zero attached hydrogens (tertiary/aromatic N) is 1. The van der Waals surface area contributed by atoms with Crippen LogP contribution in [0, 0.1) is 13.8 Å². The number of halogens is 1. The molecule has 36 heavy (non-hydrogen) atoms. The number of carbonyl (C=O) groups excluding carboxylic acids is 3. The maximum Gasteiger partial charge on any atom is 0.408 e. The number of para-hydroxylation sites is 1. The predicted molar refractivity (Wildman–Crippen MR) is 139 cm³/mol. The van der Waals surface area contributed by atoms with Crippen LogP contribution >= 0.6 is 11.6 Å². The second-order valence-electron chi connectivity index (χ2n) is 10.1. The van der Waals surface area contributed by atoms with Crippen molar-refractivity contribution in [3.05, 3.63) is 64.2 Å². The zero-order chi connectivity index (χ0) is 26.6. The lowest BCUT2D eigenvalue weighted by Gasteiger charge is -2.34. The minimum Gasteiger partial charge on any atom is -0.444 e. The molecule has 194 valence electrons. The molecule has 1 saturated carbocycles. The van der Waals surface area contributed by atoms with Gasteiger partial charge in [-0.3, -0.25) is 9.59 Å². The molecule has 1 fully saturated rings. The van der Waals surface area contributed by atoms with Crippen LogP contribution < -0.4 is 10.6 Å². The normalized spacial score (nSPS) is 15.0. The molecule has 3 rings (SSSR count). The molecular formula is C27H34ClN3O5. The minimum absolute atomic E-state index is 0.212. The van der Waals surface area contributed by atoms with Gasteiger partial charge in [0.2, 0.25) is 5.91 Å². The summed E-state index contributed by atoms with van der Waals surface area (Å²) in [6.45, 7) is 8.22. The second kappa shape index (κ2) is 11.3. The molecule has 9 heteroatoms. The van der Waals surface area contributed by atoms with E-state index in [1.807, 2.05) is 32.0 Å². The number of rotatable bonds is 8. The highest BCUT2D eigenvalue weighted by molar-refractivity contribution is 6.34. The highest BCUT2D eigenvalue weighted by atomic mass is 35.5. The van der Waals surface area contributed by atoms with Crippen molar-refractivity contribution in [1.29, 1.82) is 0 Å². The van der Waals surface area contributed by atoms with E-state index in [4.69, 9.17) is 16.3 Å². The number of alkyl carbamates (subject to hydrolysis) is 1. The number of aliphatic hydroxyl groups excluding tert-OH is 1. The van der Waals surface area contributed by atoms with Gasteiger partial charge in [-0.15, -0.1) is 0 Å². The van der Waals surface area contributed by atoms with E-state index in [1.165, 1.54) is 4.90 Å². The van der Waals surface area contributed by atoms with Gasteiger partial charge in [0.25, 0.3) is 5.91 Å². The highest BCUT2D eigenvalue weighted by Crippen LogP contribution is 2.37. The van der Waals surface area contributed by atoms with E-state index in [9.17, 15) is 19.5 Å². The summed E-state index contributed by atoms with van der Waals surface area (Å²) in [5.41, 5.74) is 2.08. The Hall–Kier alpha value is -3.10. The van der Waals surface area contributed by atoms with Crippen molar-refractivity contribution in [3.8, 4) is 0 Å². The summed E-state index contributed by atoms with van der Waals surface area (Å²) >= 11 is 6.36. The van der Waals surface area contributed by atoms with Gasteiger partial charge in [0.1, 0.15) is 17.7 Å². The summed E-state index contributed by atoms with van der Waals surface area (Å²) in [7, 11) is 0. The quantitative estimate of drug-likeness (QED) is 0.479. The summed E-state index contributed by atoms with van der Waals surface area (Å²) in [6.07, 6.45) is 0.586. The number of hydrogen-bond acceptors (Lipinski definition) is 5. The molecule has 0 spiro atoms. The van der Waals surface area contributed by atoms with Gasteiger partial charge in [-0.05, 0) is 64.7 Å². The molecule has 0 heterocycles. The number of aliphatic hydroxyl groups is 1. The average molecular weight is 516 g/mol. The molecule has 0 bridgehead atoms. The zero-order valence-corrected chi connectivity index (χ0v) is 22.1. The predicted octanol–water partition coefficient (Wildman–Crippen LogP) is 4.51. The molecule has 1 aliphatic carbocycles. The van der Waals surface area contributed by atoms with Crippen LogP contribution in [-0.2, 0) is 14.3 Å². The van der Waals surface area contributed by atoms with Crippen LogP contribution in [-0.4, -0.2) is 52.2 Å². The number of anilines is 1. The van der Waals surface area contributed by atoms with E-state index in [0.717, 1.165) is 11.1 Å². The monoisotopic (exact) mass is 515 g/mol. The molecule has 0 saturated heterocycles. The van der Waals surface area contributed by atoms with E-state index in [1.54, 1.807) is 45.0 Å². The minimum atomic E-state index is -1.27. The lowest BCUT2D eigenvalue weighted by Crippen LogP contribution is -2.54. The third-order valence-electron chi connectivity index (χ3n) is 5.76. The van der Waals surface area contributed by atoms with Gasteiger partial charge in [0.15, 0.2) is 0 Å². The van der Waals surface area contributed by atoms with E-state index < -0.39 is 42.2 Å². The Balaban J connectivity index is 1.97. The van der Waals surface area contributed by atoms with Crippen LogP contribution in [0.2, 0.25) is 5.02 Å². The fourth-order valence-electron chi connectivity index (χ4n) is 3.85. The Kier molecular flexibility index (Phi) is 8.63. The van der Waals surface area contributed by atoms with Crippen molar-refractivity contribution in [2.24, 2.45) is 0 Å². The Bertz CT molecular complexity index is 1090. The van der Waals surface area contributed by atoms with Crippen LogP contribution in [0.1, 0.15) is 56.3 Å². The van der Waals surface area contributed by atoms with Gasteiger partial charge in [-0.2, -0.15) is 0 Å². The molecule has 2 atom stereocenters. The number of ether oxygens (including phenoxy) is 1. The summed E-state index contributed by atoms with van der Waals surface area (Å²) < 4.78 is 5.26. The number of benzene rings is 2. The molecule has 0 aromatic heterocycles. The number of amides is 3. The first-order valence-corrected chi connectivity index (χ1v) is 12.3. The lowest BCUT2D eigenvalue weighted by atomic mass is 10.0. The molecule has 3 N–H and O–H groups in total. The molecule has 8 nitrogen and oxygen atoms in total. The summed E-state index contributed by atoms with van der Waals surface area (Å²) in [4.78, 5) is 41.3. The molecule has 1 aliphatic rings. The van der Waals surface area contributed by atoms with Crippen molar-refractivity contribution in [1.82, 2.24) is 10.2 Å². The summed E-state index contributed by atoms with van der Waals surface area (Å²) in [6, 6.07) is 10.2. The number of nitrogens with one attached hydrogen (secondary N) is 2. The highest BCUT2D eigenvalue weighted by Gasteiger charge is 2.44. The maximum absolute atomic E-state index is 13.8. The van der Waals surface area contributed by atoms with Crippen molar-refractivity contribution >= 4 is 35.2 Å². The molecular weight excluding hydrogens is 482 g/mol. The van der Waals surface area contributed by atoms with E-state index in [-0.39, 0.29) is 6.04 Å². The fourth-order valence-corrected chi connectivity index (χ4v) is 4.12. The lowest BCUT2D eigenvalue weighted by molar-refractivity contribution is -0.142. The van der Waals surface area contributed by atoms with Crippen molar-refractivity contribution < 1.29 is 24.2 Å². The van der Waals surface area contributed by atoms with Crippen molar-refractivity contribution in [2.45, 2.75) is 71.2 Å². The summed E-state index contributed by atoms with van der Waals surface area (Å²) in [5, 5.41) is 15.7. The van der Waals surface area contributed by atoms with E-state index in [2.05, 4.69) is 10.6 Å². The Labute approximate surface area is 217 Å². The van der Waals surface area contributed by atoms with Crippen LogP contribution in [0.15, 0.2) is 42.5 Å². The van der Waals surface area contributed by atoms with Crippen LogP contribution in [0.25, 0.3) is 0 Å². The summed E-state index contributed by atoms with van der Waals surface area (Å²) in [5.74, 6) is -1.01. The van der Waals surface area contributed by atoms with Crippen molar-refractivity contribution in [3.63, 3.8) is 0 Å². The average Bonchev–Trinajstić information content (AvgIpc) is 3.62. The third-order valence-corrected chi connectivity index (χ3v) is 6.07. The molecule has 0 radical (unpaired) electrons. The van der Waals surface area contributed by atoms with Gasteiger partial charge in [0, 0.05) is 6.04 Å². The number of hydrogen-bond donors (Lipinski definition) is 3. The van der Waals surface area contributed by atoms with Gasteiger partial charge in [-0.1, -0.05) is 53.6 Å². The molecule has 3 amide bonds. The standard InChI is InChI=1S/C27H34ClN3O5/c1-16-9-11-18(12-10-16)23(24(33)30-22-17(2)7-6-8-20(22)28)31(19-13-14-19)25(34)21(15-32)29-26(35)36-27(3,4)5/h6-12,19,21,23,32H,13-15H2,1-5H3,(H,29,35)(H,30,33).